The Hall–Kier alpha value is -3.68. The number of halogens is 1. The van der Waals surface area contributed by atoms with Crippen LogP contribution in [0.25, 0.3) is 5.69 Å². The average molecular weight is 449 g/mol. The lowest BCUT2D eigenvalue weighted by atomic mass is 10.1. The Labute approximate surface area is 190 Å². The van der Waals surface area contributed by atoms with Crippen LogP contribution in [-0.2, 0) is 17.8 Å². The topological polar surface area (TPSA) is 73.7 Å². The quantitative estimate of drug-likeness (QED) is 0.527. The molecule has 2 aliphatic rings. The molecule has 0 saturated heterocycles. The first-order valence-electron chi connectivity index (χ1n) is 11.0. The molecule has 1 fully saturated rings. The van der Waals surface area contributed by atoms with E-state index >= 15 is 0 Å². The smallest absolute Gasteiger partial charge is 0.341 e. The summed E-state index contributed by atoms with van der Waals surface area (Å²) in [7, 11) is 1.60. The lowest BCUT2D eigenvalue weighted by molar-refractivity contribution is 0.0520. The van der Waals surface area contributed by atoms with Gasteiger partial charge in [-0.15, -0.1) is 0 Å². The predicted molar refractivity (Wildman–Crippen MR) is 118 cm³/mol. The third kappa shape index (κ3) is 3.86. The van der Waals surface area contributed by atoms with E-state index in [1.54, 1.807) is 25.3 Å². The molecular weight excluding hydrogens is 425 g/mol. The number of nitrogens with zero attached hydrogens (tertiary/aromatic N) is 3. The van der Waals surface area contributed by atoms with Gasteiger partial charge in [0.15, 0.2) is 0 Å². The summed E-state index contributed by atoms with van der Waals surface area (Å²) >= 11 is 0. The van der Waals surface area contributed by atoms with E-state index in [4.69, 9.17) is 9.47 Å². The van der Waals surface area contributed by atoms with Gasteiger partial charge in [0.05, 0.1) is 54.8 Å². The van der Waals surface area contributed by atoms with Gasteiger partial charge in [-0.25, -0.2) is 14.2 Å². The predicted octanol–water partition coefficient (Wildman–Crippen LogP) is 4.23. The summed E-state index contributed by atoms with van der Waals surface area (Å²) in [6, 6.07) is 10.0. The zero-order valence-corrected chi connectivity index (χ0v) is 18.5. The van der Waals surface area contributed by atoms with Crippen molar-refractivity contribution in [3.8, 4) is 11.4 Å². The zero-order valence-electron chi connectivity index (χ0n) is 18.5. The highest BCUT2D eigenvalue weighted by atomic mass is 19.1. The number of benzene rings is 2. The Morgan fingerprint density at radius 2 is 1.97 bits per heavy atom. The molecule has 7 nitrogen and oxygen atoms in total. The van der Waals surface area contributed by atoms with E-state index in [0.29, 0.717) is 24.7 Å². The molecule has 0 bridgehead atoms. The molecule has 5 rings (SSSR count). The van der Waals surface area contributed by atoms with Crippen LogP contribution in [0.3, 0.4) is 0 Å². The van der Waals surface area contributed by atoms with Crippen LogP contribution in [0, 0.1) is 5.82 Å². The molecular formula is C25H24FN3O4. The lowest BCUT2D eigenvalue weighted by Crippen LogP contribution is -2.29. The highest BCUT2D eigenvalue weighted by Gasteiger charge is 2.35. The molecule has 1 aromatic heterocycles. The van der Waals surface area contributed by atoms with E-state index in [-0.39, 0.29) is 23.6 Å². The Morgan fingerprint density at radius 3 is 2.64 bits per heavy atom. The Balaban J connectivity index is 1.60. The zero-order chi connectivity index (χ0) is 23.1. The molecule has 3 aromatic rings. The van der Waals surface area contributed by atoms with Gasteiger partial charge in [0.1, 0.15) is 11.6 Å². The van der Waals surface area contributed by atoms with Gasteiger partial charge in [0, 0.05) is 12.5 Å². The average Bonchev–Trinajstić information content (AvgIpc) is 3.59. The van der Waals surface area contributed by atoms with Crippen molar-refractivity contribution < 1.29 is 23.5 Å². The standard InChI is InChI=1S/C25H24FN3O4/c1-3-33-25(31)18-11-21-19(10-20(18)26)24(30)28(12-15-4-8-17(32-2)9-5-15)13-22-23(16-6-7-16)27-14-29(21)22/h4-5,8-11,14,16H,3,6-7,12-13H2,1-2H3. The summed E-state index contributed by atoms with van der Waals surface area (Å²) in [4.78, 5) is 32.2. The monoisotopic (exact) mass is 449 g/mol. The minimum Gasteiger partial charge on any atom is -0.497 e. The number of carbonyl (C=O) groups is 2. The summed E-state index contributed by atoms with van der Waals surface area (Å²) in [6.45, 7) is 2.47. The molecule has 0 spiro atoms. The number of esters is 1. The number of hydrogen-bond acceptors (Lipinski definition) is 5. The second kappa shape index (κ2) is 8.35. The maximum absolute atomic E-state index is 14.9. The maximum Gasteiger partial charge on any atom is 0.341 e. The number of imidazole rings is 1. The minimum atomic E-state index is -0.782. The number of methoxy groups -OCH3 is 1. The summed E-state index contributed by atoms with van der Waals surface area (Å²) in [5.41, 5.74) is 3.20. The largest absolute Gasteiger partial charge is 0.497 e. The first-order valence-corrected chi connectivity index (χ1v) is 11.0. The Bertz CT molecular complexity index is 1230. The molecule has 2 heterocycles. The van der Waals surface area contributed by atoms with E-state index in [1.165, 1.54) is 6.07 Å². The number of aromatic nitrogens is 2. The molecule has 1 aliphatic heterocycles. The van der Waals surface area contributed by atoms with Crippen LogP contribution in [-0.4, -0.2) is 40.0 Å². The first-order chi connectivity index (χ1) is 16.0. The molecule has 1 aliphatic carbocycles. The van der Waals surface area contributed by atoms with E-state index in [2.05, 4.69) is 4.98 Å². The van der Waals surface area contributed by atoms with Crippen LogP contribution in [0.2, 0.25) is 0 Å². The fraction of sp³-hybridized carbons (Fsp3) is 0.320. The number of hydrogen-bond donors (Lipinski definition) is 0. The number of carbonyl (C=O) groups excluding carboxylic acids is 2. The molecule has 33 heavy (non-hydrogen) atoms. The number of amides is 1. The third-order valence-corrected chi connectivity index (χ3v) is 6.09. The van der Waals surface area contributed by atoms with Crippen LogP contribution >= 0.6 is 0 Å². The summed E-state index contributed by atoms with van der Waals surface area (Å²) in [5.74, 6) is -0.746. The van der Waals surface area contributed by atoms with Crippen molar-refractivity contribution >= 4 is 11.9 Å². The second-order valence-corrected chi connectivity index (χ2v) is 8.30. The fourth-order valence-corrected chi connectivity index (χ4v) is 4.25. The van der Waals surface area contributed by atoms with Gasteiger partial charge < -0.3 is 18.9 Å². The second-order valence-electron chi connectivity index (χ2n) is 8.30. The van der Waals surface area contributed by atoms with Crippen molar-refractivity contribution in [3.63, 3.8) is 0 Å². The Morgan fingerprint density at radius 1 is 1.21 bits per heavy atom. The number of rotatable bonds is 6. The van der Waals surface area contributed by atoms with Gasteiger partial charge in [0.2, 0.25) is 0 Å². The van der Waals surface area contributed by atoms with Crippen molar-refractivity contribution in [2.75, 3.05) is 13.7 Å². The molecule has 0 N–H and O–H groups in total. The summed E-state index contributed by atoms with van der Waals surface area (Å²) < 4.78 is 27.0. The van der Waals surface area contributed by atoms with Crippen molar-refractivity contribution in [2.24, 2.45) is 0 Å². The first kappa shape index (κ1) is 21.2. The van der Waals surface area contributed by atoms with Gasteiger partial charge in [-0.3, -0.25) is 4.79 Å². The number of fused-ring (bicyclic) bond motifs is 3. The fourth-order valence-electron chi connectivity index (χ4n) is 4.25. The molecule has 0 unspecified atom stereocenters. The normalized spacial score (nSPS) is 15.0. The molecule has 2 aromatic carbocycles. The number of ether oxygens (including phenoxy) is 2. The van der Waals surface area contributed by atoms with Crippen molar-refractivity contribution in [2.45, 2.75) is 38.8 Å². The maximum atomic E-state index is 14.9. The summed E-state index contributed by atoms with van der Waals surface area (Å²) in [6.07, 6.45) is 3.78. The van der Waals surface area contributed by atoms with Gasteiger partial charge in [-0.2, -0.15) is 0 Å². The molecule has 1 saturated carbocycles. The van der Waals surface area contributed by atoms with Gasteiger partial charge in [0.25, 0.3) is 5.91 Å². The van der Waals surface area contributed by atoms with Gasteiger partial charge in [-0.05, 0) is 49.6 Å². The van der Waals surface area contributed by atoms with E-state index in [1.807, 2.05) is 28.8 Å². The molecule has 1 amide bonds. The van der Waals surface area contributed by atoms with Gasteiger partial charge >= 0.3 is 5.97 Å². The molecule has 0 atom stereocenters. The minimum absolute atomic E-state index is 0.131. The highest BCUT2D eigenvalue weighted by Crippen LogP contribution is 2.42. The van der Waals surface area contributed by atoms with Crippen LogP contribution in [0.5, 0.6) is 5.75 Å². The van der Waals surface area contributed by atoms with Crippen molar-refractivity contribution in [3.05, 3.63) is 76.6 Å². The van der Waals surface area contributed by atoms with Crippen LogP contribution < -0.4 is 4.74 Å². The molecule has 0 radical (unpaired) electrons. The van der Waals surface area contributed by atoms with E-state index in [0.717, 1.165) is 41.6 Å². The van der Waals surface area contributed by atoms with Crippen LogP contribution in [0.15, 0.2) is 42.7 Å². The van der Waals surface area contributed by atoms with Crippen LogP contribution in [0.4, 0.5) is 4.39 Å². The van der Waals surface area contributed by atoms with Crippen LogP contribution in [0.1, 0.15) is 63.4 Å². The van der Waals surface area contributed by atoms with E-state index in [9.17, 15) is 14.0 Å². The third-order valence-electron chi connectivity index (χ3n) is 6.09. The SMILES string of the molecule is CCOC(=O)c1cc2c(cc1F)C(=O)N(Cc1ccc(OC)cc1)Cc1c(C3CC3)ncn1-2. The van der Waals surface area contributed by atoms with Crippen molar-refractivity contribution in [1.29, 1.82) is 0 Å². The highest BCUT2D eigenvalue weighted by molar-refractivity contribution is 6.00. The summed E-state index contributed by atoms with van der Waals surface area (Å²) in [5, 5.41) is 0. The van der Waals surface area contributed by atoms with Crippen molar-refractivity contribution in [1.82, 2.24) is 14.5 Å². The lowest BCUT2D eigenvalue weighted by Gasteiger charge is -2.21. The van der Waals surface area contributed by atoms with E-state index < -0.39 is 11.8 Å². The Kier molecular flexibility index (Phi) is 5.36. The molecule has 170 valence electrons. The van der Waals surface area contributed by atoms with Gasteiger partial charge in [-0.1, -0.05) is 12.1 Å². The molecule has 8 heteroatoms.